The van der Waals surface area contributed by atoms with Crippen LogP contribution in [-0.2, 0) is 4.74 Å². The molecule has 0 atom stereocenters. The highest BCUT2D eigenvalue weighted by atomic mass is 19.4. The van der Waals surface area contributed by atoms with Crippen molar-refractivity contribution < 1.29 is 22.6 Å². The van der Waals surface area contributed by atoms with Gasteiger partial charge in [0.1, 0.15) is 5.75 Å². The summed E-state index contributed by atoms with van der Waals surface area (Å²) in [4.78, 5) is 0. The van der Waals surface area contributed by atoms with Crippen molar-refractivity contribution in [3.8, 4) is 5.75 Å². The molecule has 0 N–H and O–H groups in total. The second-order valence-electron chi connectivity index (χ2n) is 5.88. The van der Waals surface area contributed by atoms with Gasteiger partial charge in [-0.2, -0.15) is 0 Å². The predicted molar refractivity (Wildman–Crippen MR) is 88.0 cm³/mol. The number of hydrogen-bond donors (Lipinski definition) is 0. The fraction of sp³-hybridized carbons (Fsp3) is 0.474. The Kier molecular flexibility index (Phi) is 6.91. The van der Waals surface area contributed by atoms with E-state index in [0.29, 0.717) is 12.5 Å². The first-order valence-corrected chi connectivity index (χ1v) is 8.23. The van der Waals surface area contributed by atoms with Crippen molar-refractivity contribution in [2.75, 3.05) is 6.61 Å². The van der Waals surface area contributed by atoms with Gasteiger partial charge in [-0.05, 0) is 56.2 Å². The zero-order valence-electron chi connectivity index (χ0n) is 13.8. The predicted octanol–water partition coefficient (Wildman–Crippen LogP) is 5.76. The highest BCUT2D eigenvalue weighted by Gasteiger charge is 2.31. The van der Waals surface area contributed by atoms with Crippen LogP contribution in [0.2, 0.25) is 0 Å². The topological polar surface area (TPSA) is 18.5 Å². The van der Waals surface area contributed by atoms with Crippen molar-refractivity contribution in [3.05, 3.63) is 54.1 Å². The summed E-state index contributed by atoms with van der Waals surface area (Å²) in [6.07, 6.45) is 7.44. The van der Waals surface area contributed by atoms with Crippen LogP contribution < -0.4 is 4.74 Å². The third kappa shape index (κ3) is 6.40. The zero-order valence-corrected chi connectivity index (χ0v) is 13.8. The standard InChI is InChI=1S/C19H23F3O2/c1-2-3-4-5-14-23-17-10-6-15(7-11-17)16-8-12-18(13-9-16)24-19(20,21)22/h2-5,8-9,12-13,15,17H,6-7,10-11,14H2,1H3/b3-2+,5-4+. The third-order valence-electron chi connectivity index (χ3n) is 4.13. The summed E-state index contributed by atoms with van der Waals surface area (Å²) in [6.45, 7) is 2.58. The van der Waals surface area contributed by atoms with E-state index in [2.05, 4.69) is 4.74 Å². The molecule has 5 heteroatoms. The molecule has 1 aromatic rings. The fourth-order valence-corrected chi connectivity index (χ4v) is 2.94. The van der Waals surface area contributed by atoms with Crippen molar-refractivity contribution in [2.24, 2.45) is 0 Å². The number of rotatable bonds is 6. The van der Waals surface area contributed by atoms with Gasteiger partial charge in [0.05, 0.1) is 12.7 Å². The van der Waals surface area contributed by atoms with Gasteiger partial charge in [-0.1, -0.05) is 36.4 Å². The second kappa shape index (κ2) is 8.92. The lowest BCUT2D eigenvalue weighted by atomic mass is 9.83. The van der Waals surface area contributed by atoms with E-state index in [0.717, 1.165) is 31.2 Å². The molecule has 0 spiro atoms. The van der Waals surface area contributed by atoms with Crippen LogP contribution in [0.3, 0.4) is 0 Å². The lowest BCUT2D eigenvalue weighted by molar-refractivity contribution is -0.274. The Balaban J connectivity index is 1.77. The first kappa shape index (κ1) is 18.6. The van der Waals surface area contributed by atoms with Crippen LogP contribution in [0, 0.1) is 0 Å². The van der Waals surface area contributed by atoms with Crippen molar-refractivity contribution >= 4 is 0 Å². The summed E-state index contributed by atoms with van der Waals surface area (Å²) in [7, 11) is 0. The first-order valence-electron chi connectivity index (χ1n) is 8.23. The van der Waals surface area contributed by atoms with Crippen molar-refractivity contribution in [1.29, 1.82) is 0 Å². The maximum atomic E-state index is 12.2. The van der Waals surface area contributed by atoms with Gasteiger partial charge in [-0.25, -0.2) is 0 Å². The molecule has 0 amide bonds. The van der Waals surface area contributed by atoms with E-state index in [9.17, 15) is 13.2 Å². The maximum Gasteiger partial charge on any atom is 0.573 e. The first-order chi connectivity index (χ1) is 11.5. The van der Waals surface area contributed by atoms with E-state index in [4.69, 9.17) is 4.74 Å². The second-order valence-corrected chi connectivity index (χ2v) is 5.88. The minimum Gasteiger partial charge on any atom is -0.406 e. The zero-order chi connectivity index (χ0) is 17.4. The van der Waals surface area contributed by atoms with E-state index < -0.39 is 6.36 Å². The number of benzene rings is 1. The monoisotopic (exact) mass is 340 g/mol. The molecule has 132 valence electrons. The van der Waals surface area contributed by atoms with E-state index >= 15 is 0 Å². The summed E-state index contributed by atoms with van der Waals surface area (Å²) in [5, 5.41) is 0. The van der Waals surface area contributed by atoms with Crippen LogP contribution in [-0.4, -0.2) is 19.1 Å². The summed E-state index contributed by atoms with van der Waals surface area (Å²) in [5.41, 5.74) is 1.07. The van der Waals surface area contributed by atoms with E-state index in [1.807, 2.05) is 31.2 Å². The van der Waals surface area contributed by atoms with Crippen molar-refractivity contribution in [1.82, 2.24) is 0 Å². The quantitative estimate of drug-likeness (QED) is 0.613. The van der Waals surface area contributed by atoms with Gasteiger partial charge in [-0.3, -0.25) is 0 Å². The molecule has 0 aliphatic heterocycles. The molecule has 0 unspecified atom stereocenters. The molecule has 0 radical (unpaired) electrons. The SMILES string of the molecule is C/C=C/C=C/COC1CCC(c2ccc(OC(F)(F)F)cc2)CC1. The Morgan fingerprint density at radius 2 is 1.71 bits per heavy atom. The van der Waals surface area contributed by atoms with Gasteiger partial charge in [0.2, 0.25) is 0 Å². The van der Waals surface area contributed by atoms with Gasteiger partial charge < -0.3 is 9.47 Å². The molecule has 24 heavy (non-hydrogen) atoms. The molecule has 2 rings (SSSR count). The fourth-order valence-electron chi connectivity index (χ4n) is 2.94. The molecule has 0 bridgehead atoms. The molecule has 2 nitrogen and oxygen atoms in total. The normalized spacial score (nSPS) is 22.3. The third-order valence-corrected chi connectivity index (χ3v) is 4.13. The van der Waals surface area contributed by atoms with Crippen LogP contribution in [0.4, 0.5) is 13.2 Å². The maximum absolute atomic E-state index is 12.2. The number of hydrogen-bond acceptors (Lipinski definition) is 2. The number of allylic oxidation sites excluding steroid dienone is 3. The minimum absolute atomic E-state index is 0.170. The Bertz CT molecular complexity index is 539. The highest BCUT2D eigenvalue weighted by Crippen LogP contribution is 2.35. The summed E-state index contributed by atoms with van der Waals surface area (Å²) >= 11 is 0. The van der Waals surface area contributed by atoms with Crippen molar-refractivity contribution in [2.45, 2.75) is 51.0 Å². The molecule has 0 heterocycles. The van der Waals surface area contributed by atoms with Crippen LogP contribution in [0.15, 0.2) is 48.6 Å². The van der Waals surface area contributed by atoms with E-state index in [1.165, 1.54) is 12.1 Å². The molecule has 1 aliphatic carbocycles. The molecule has 0 aromatic heterocycles. The lowest BCUT2D eigenvalue weighted by Crippen LogP contribution is -2.21. The Labute approximate surface area is 141 Å². The van der Waals surface area contributed by atoms with Crippen LogP contribution in [0.25, 0.3) is 0 Å². The summed E-state index contributed by atoms with van der Waals surface area (Å²) in [5.74, 6) is 0.208. The molecule has 0 saturated heterocycles. The van der Waals surface area contributed by atoms with Gasteiger partial charge in [0, 0.05) is 0 Å². The summed E-state index contributed by atoms with van der Waals surface area (Å²) in [6, 6.07) is 6.23. The van der Waals surface area contributed by atoms with Gasteiger partial charge in [-0.15, -0.1) is 13.2 Å². The number of alkyl halides is 3. The van der Waals surface area contributed by atoms with Crippen LogP contribution >= 0.6 is 0 Å². The Morgan fingerprint density at radius 3 is 2.29 bits per heavy atom. The average molecular weight is 340 g/mol. The molecule has 1 aromatic carbocycles. The van der Waals surface area contributed by atoms with Crippen LogP contribution in [0.5, 0.6) is 5.75 Å². The number of halogens is 3. The minimum atomic E-state index is -4.64. The van der Waals surface area contributed by atoms with Gasteiger partial charge in [0.15, 0.2) is 0 Å². The van der Waals surface area contributed by atoms with E-state index in [1.54, 1.807) is 12.1 Å². The molecular formula is C19H23F3O2. The molecule has 1 aliphatic rings. The van der Waals surface area contributed by atoms with Gasteiger partial charge >= 0.3 is 6.36 Å². The largest absolute Gasteiger partial charge is 0.573 e. The Morgan fingerprint density at radius 1 is 1.04 bits per heavy atom. The van der Waals surface area contributed by atoms with E-state index in [-0.39, 0.29) is 11.9 Å². The van der Waals surface area contributed by atoms with Crippen molar-refractivity contribution in [3.63, 3.8) is 0 Å². The molecule has 1 fully saturated rings. The average Bonchev–Trinajstić information content (AvgIpc) is 2.55. The van der Waals surface area contributed by atoms with Crippen LogP contribution in [0.1, 0.15) is 44.1 Å². The lowest BCUT2D eigenvalue weighted by Gasteiger charge is -2.28. The molecular weight excluding hydrogens is 317 g/mol. The number of ether oxygens (including phenoxy) is 2. The highest BCUT2D eigenvalue weighted by molar-refractivity contribution is 5.29. The Hall–Kier alpha value is -1.75. The summed E-state index contributed by atoms with van der Waals surface area (Å²) < 4.78 is 46.2. The van der Waals surface area contributed by atoms with Gasteiger partial charge in [0.25, 0.3) is 0 Å². The smallest absolute Gasteiger partial charge is 0.406 e. The molecule has 1 saturated carbocycles.